The molecule has 1 N–H and O–H groups in total. The van der Waals surface area contributed by atoms with Crippen molar-refractivity contribution < 1.29 is 0 Å². The van der Waals surface area contributed by atoms with Crippen LogP contribution in [0.5, 0.6) is 0 Å². The van der Waals surface area contributed by atoms with Crippen LogP contribution >= 0.6 is 0 Å². The number of nitrogens with zero attached hydrogens (tertiary/aromatic N) is 2. The van der Waals surface area contributed by atoms with E-state index in [-0.39, 0.29) is 0 Å². The number of anilines is 1. The van der Waals surface area contributed by atoms with E-state index in [1.807, 2.05) is 0 Å². The van der Waals surface area contributed by atoms with Crippen LogP contribution in [0.25, 0.3) is 0 Å². The number of nitrogens with one attached hydrogen (secondary N) is 1. The maximum absolute atomic E-state index is 3.61. The average Bonchev–Trinajstić information content (AvgIpc) is 2.39. The average molecular weight is 261 g/mol. The van der Waals surface area contributed by atoms with Gasteiger partial charge in [-0.25, -0.2) is 0 Å². The lowest BCUT2D eigenvalue weighted by Crippen LogP contribution is -2.49. The molecule has 0 radical (unpaired) electrons. The lowest BCUT2D eigenvalue weighted by Gasteiger charge is -2.32. The highest BCUT2D eigenvalue weighted by molar-refractivity contribution is 5.49. The van der Waals surface area contributed by atoms with E-state index in [1.165, 1.54) is 36.3 Å². The van der Waals surface area contributed by atoms with Gasteiger partial charge in [0, 0.05) is 45.0 Å². The second-order valence-corrected chi connectivity index (χ2v) is 5.89. The van der Waals surface area contributed by atoms with Gasteiger partial charge in [0.15, 0.2) is 0 Å². The second kappa shape index (κ2) is 6.40. The van der Waals surface area contributed by atoms with Gasteiger partial charge in [-0.05, 0) is 50.6 Å². The summed E-state index contributed by atoms with van der Waals surface area (Å²) in [4.78, 5) is 4.78. The predicted molar refractivity (Wildman–Crippen MR) is 83.1 cm³/mol. The molecule has 1 aromatic carbocycles. The molecule has 19 heavy (non-hydrogen) atoms. The zero-order chi connectivity index (χ0) is 13.8. The topological polar surface area (TPSA) is 18.5 Å². The molecular weight excluding hydrogens is 234 g/mol. The normalized spacial score (nSPS) is 20.5. The summed E-state index contributed by atoms with van der Waals surface area (Å²) in [6.45, 7) is 8.91. The first kappa shape index (κ1) is 14.4. The molecule has 0 saturated carbocycles. The van der Waals surface area contributed by atoms with Gasteiger partial charge in [-0.1, -0.05) is 6.07 Å². The Kier molecular flexibility index (Phi) is 4.83. The number of piperazine rings is 1. The van der Waals surface area contributed by atoms with Crippen LogP contribution in [0, 0.1) is 13.8 Å². The molecule has 1 aliphatic rings. The van der Waals surface area contributed by atoms with Crippen LogP contribution in [0.1, 0.15) is 17.5 Å². The molecule has 0 amide bonds. The molecule has 2 rings (SSSR count). The van der Waals surface area contributed by atoms with E-state index in [4.69, 9.17) is 0 Å². The van der Waals surface area contributed by atoms with Gasteiger partial charge in [0.05, 0.1) is 0 Å². The van der Waals surface area contributed by atoms with Crippen LogP contribution in [0.3, 0.4) is 0 Å². The van der Waals surface area contributed by atoms with Gasteiger partial charge in [-0.3, -0.25) is 0 Å². The Hall–Kier alpha value is -1.06. The number of hydrogen-bond acceptors (Lipinski definition) is 3. The Morgan fingerprint density at radius 1 is 1.32 bits per heavy atom. The van der Waals surface area contributed by atoms with E-state index in [0.717, 1.165) is 13.1 Å². The van der Waals surface area contributed by atoms with E-state index in [1.54, 1.807) is 0 Å². The van der Waals surface area contributed by atoms with Crippen molar-refractivity contribution in [2.45, 2.75) is 26.3 Å². The summed E-state index contributed by atoms with van der Waals surface area (Å²) in [6.07, 6.45) is 1.20. The summed E-state index contributed by atoms with van der Waals surface area (Å²) < 4.78 is 0. The van der Waals surface area contributed by atoms with Crippen molar-refractivity contribution in [1.82, 2.24) is 10.2 Å². The number of aryl methyl sites for hydroxylation is 2. The second-order valence-electron chi connectivity index (χ2n) is 5.89. The first-order chi connectivity index (χ1) is 9.06. The first-order valence-electron chi connectivity index (χ1n) is 7.26. The summed E-state index contributed by atoms with van der Waals surface area (Å²) in [5.41, 5.74) is 4.07. The predicted octanol–water partition coefficient (Wildman–Crippen LogP) is 2.03. The lowest BCUT2D eigenvalue weighted by molar-refractivity contribution is 0.233. The summed E-state index contributed by atoms with van der Waals surface area (Å²) in [5, 5.41) is 3.61. The number of hydrogen-bond donors (Lipinski definition) is 1. The molecule has 1 aliphatic heterocycles. The van der Waals surface area contributed by atoms with Gasteiger partial charge in [0.25, 0.3) is 0 Å². The minimum absolute atomic E-state index is 0.632. The Bertz CT molecular complexity index is 416. The molecule has 1 saturated heterocycles. The molecule has 1 aromatic rings. The standard InChI is InChI=1S/C16H27N3/c1-13-5-6-16(11-14(13)2)19(4)9-7-15-12-18(3)10-8-17-15/h5-6,11,15,17H,7-10,12H2,1-4H3. The Morgan fingerprint density at radius 3 is 2.79 bits per heavy atom. The number of likely N-dealkylation sites (N-methyl/N-ethyl adjacent to an activating group) is 1. The fourth-order valence-electron chi connectivity index (χ4n) is 2.63. The SMILES string of the molecule is Cc1ccc(N(C)CCC2CN(C)CCN2)cc1C. The maximum Gasteiger partial charge on any atom is 0.0366 e. The summed E-state index contributed by atoms with van der Waals surface area (Å²) in [7, 11) is 4.40. The van der Waals surface area contributed by atoms with Crippen molar-refractivity contribution in [3.05, 3.63) is 29.3 Å². The molecule has 0 aliphatic carbocycles. The minimum atomic E-state index is 0.632. The molecular formula is C16H27N3. The van der Waals surface area contributed by atoms with E-state index in [0.29, 0.717) is 6.04 Å². The zero-order valence-corrected chi connectivity index (χ0v) is 12.7. The highest BCUT2D eigenvalue weighted by Crippen LogP contribution is 2.18. The van der Waals surface area contributed by atoms with Crippen molar-refractivity contribution in [1.29, 1.82) is 0 Å². The Morgan fingerprint density at radius 2 is 2.11 bits per heavy atom. The van der Waals surface area contributed by atoms with Gasteiger partial charge in [0.1, 0.15) is 0 Å². The molecule has 3 nitrogen and oxygen atoms in total. The fourth-order valence-corrected chi connectivity index (χ4v) is 2.63. The molecule has 106 valence electrons. The van der Waals surface area contributed by atoms with E-state index in [2.05, 4.69) is 61.3 Å². The largest absolute Gasteiger partial charge is 0.375 e. The summed E-state index contributed by atoms with van der Waals surface area (Å²) in [5.74, 6) is 0. The van der Waals surface area contributed by atoms with E-state index in [9.17, 15) is 0 Å². The molecule has 0 spiro atoms. The smallest absolute Gasteiger partial charge is 0.0366 e. The molecule has 1 unspecified atom stereocenters. The summed E-state index contributed by atoms with van der Waals surface area (Å²) in [6, 6.07) is 7.36. The van der Waals surface area contributed by atoms with Gasteiger partial charge in [-0.15, -0.1) is 0 Å². The van der Waals surface area contributed by atoms with Crippen molar-refractivity contribution in [2.75, 3.05) is 45.2 Å². The van der Waals surface area contributed by atoms with E-state index < -0.39 is 0 Å². The Labute approximate surface area is 117 Å². The quantitative estimate of drug-likeness (QED) is 0.895. The van der Waals surface area contributed by atoms with Gasteiger partial charge in [-0.2, -0.15) is 0 Å². The van der Waals surface area contributed by atoms with Crippen LogP contribution in [-0.2, 0) is 0 Å². The van der Waals surface area contributed by atoms with Crippen molar-refractivity contribution in [3.63, 3.8) is 0 Å². The van der Waals surface area contributed by atoms with Crippen molar-refractivity contribution in [2.24, 2.45) is 0 Å². The van der Waals surface area contributed by atoms with Crippen LogP contribution in [0.2, 0.25) is 0 Å². The van der Waals surface area contributed by atoms with E-state index >= 15 is 0 Å². The van der Waals surface area contributed by atoms with Crippen LogP contribution in [0.4, 0.5) is 5.69 Å². The highest BCUT2D eigenvalue weighted by atomic mass is 15.2. The first-order valence-corrected chi connectivity index (χ1v) is 7.26. The molecule has 0 bridgehead atoms. The monoisotopic (exact) mass is 261 g/mol. The Balaban J connectivity index is 1.86. The lowest BCUT2D eigenvalue weighted by atomic mass is 10.1. The molecule has 3 heteroatoms. The van der Waals surface area contributed by atoms with Gasteiger partial charge < -0.3 is 15.1 Å². The van der Waals surface area contributed by atoms with Gasteiger partial charge in [0.2, 0.25) is 0 Å². The molecule has 0 aromatic heterocycles. The van der Waals surface area contributed by atoms with Crippen molar-refractivity contribution in [3.8, 4) is 0 Å². The molecule has 1 atom stereocenters. The van der Waals surface area contributed by atoms with Gasteiger partial charge >= 0.3 is 0 Å². The number of rotatable bonds is 4. The number of benzene rings is 1. The highest BCUT2D eigenvalue weighted by Gasteiger charge is 2.16. The fraction of sp³-hybridized carbons (Fsp3) is 0.625. The van der Waals surface area contributed by atoms with Crippen LogP contribution in [-0.4, -0.2) is 51.2 Å². The van der Waals surface area contributed by atoms with Crippen LogP contribution in [0.15, 0.2) is 18.2 Å². The summed E-state index contributed by atoms with van der Waals surface area (Å²) >= 11 is 0. The third kappa shape index (κ3) is 3.95. The third-order valence-corrected chi connectivity index (χ3v) is 4.20. The third-order valence-electron chi connectivity index (χ3n) is 4.20. The minimum Gasteiger partial charge on any atom is -0.375 e. The van der Waals surface area contributed by atoms with Crippen molar-refractivity contribution >= 4 is 5.69 Å². The zero-order valence-electron chi connectivity index (χ0n) is 12.7. The molecule has 1 heterocycles. The van der Waals surface area contributed by atoms with Crippen LogP contribution < -0.4 is 10.2 Å². The maximum atomic E-state index is 3.61. The molecule has 1 fully saturated rings.